The van der Waals surface area contributed by atoms with Gasteiger partial charge in [0.15, 0.2) is 0 Å². The summed E-state index contributed by atoms with van der Waals surface area (Å²) in [6.45, 7) is 4.37. The smallest absolute Gasteiger partial charge is 0.244 e. The van der Waals surface area contributed by atoms with Crippen LogP contribution in [0.25, 0.3) is 0 Å². The van der Waals surface area contributed by atoms with Gasteiger partial charge >= 0.3 is 0 Å². The Labute approximate surface area is 146 Å². The van der Waals surface area contributed by atoms with Gasteiger partial charge in [-0.25, -0.2) is 13.4 Å². The lowest BCUT2D eigenvalue weighted by Crippen LogP contribution is -2.47. The molecule has 3 heterocycles. The molecule has 1 aliphatic heterocycles. The molecule has 0 bridgehead atoms. The molecule has 0 atom stereocenters. The molecule has 130 valence electrons. The molecule has 2 aromatic heterocycles. The van der Waals surface area contributed by atoms with E-state index in [0.717, 1.165) is 29.6 Å². The molecular formula is C15H20N4O3S2. The Morgan fingerprint density at radius 3 is 2.58 bits per heavy atom. The zero-order valence-electron chi connectivity index (χ0n) is 13.7. The Bertz CT molecular complexity index is 781. The Morgan fingerprint density at radius 2 is 2.00 bits per heavy atom. The number of hydrogen-bond donors (Lipinski definition) is 0. The molecule has 1 saturated heterocycles. The zero-order valence-corrected chi connectivity index (χ0v) is 15.3. The van der Waals surface area contributed by atoms with Gasteiger partial charge in [-0.3, -0.25) is 0 Å². The van der Waals surface area contributed by atoms with Gasteiger partial charge in [-0.05, 0) is 26.1 Å². The number of rotatable bonds is 5. The largest absolute Gasteiger partial charge is 0.361 e. The highest BCUT2D eigenvalue weighted by Crippen LogP contribution is 2.23. The van der Waals surface area contributed by atoms with E-state index < -0.39 is 10.0 Å². The van der Waals surface area contributed by atoms with Crippen LogP contribution < -0.4 is 0 Å². The van der Waals surface area contributed by atoms with Gasteiger partial charge in [-0.2, -0.15) is 4.31 Å². The molecule has 9 heteroatoms. The van der Waals surface area contributed by atoms with Crippen LogP contribution in [-0.4, -0.2) is 61.0 Å². The second kappa shape index (κ2) is 7.22. The molecule has 0 saturated carbocycles. The number of nitrogens with zero attached hydrogens (tertiary/aromatic N) is 4. The van der Waals surface area contributed by atoms with Crippen LogP contribution in [0.5, 0.6) is 0 Å². The first kappa shape index (κ1) is 17.4. The molecule has 0 aromatic carbocycles. The topological polar surface area (TPSA) is 79.5 Å². The fraction of sp³-hybridized carbons (Fsp3) is 0.467. The van der Waals surface area contributed by atoms with Gasteiger partial charge in [0.2, 0.25) is 10.0 Å². The minimum atomic E-state index is -3.46. The van der Waals surface area contributed by atoms with Crippen LogP contribution in [0.15, 0.2) is 38.8 Å². The third-order valence-corrected chi connectivity index (χ3v) is 6.71. The first-order valence-corrected chi connectivity index (χ1v) is 10.1. The maximum absolute atomic E-state index is 12.6. The van der Waals surface area contributed by atoms with Gasteiger partial charge in [0.1, 0.15) is 10.7 Å². The first-order valence-electron chi connectivity index (χ1n) is 7.65. The maximum Gasteiger partial charge on any atom is 0.244 e. The summed E-state index contributed by atoms with van der Waals surface area (Å²) in [5.74, 6) is 1.40. The van der Waals surface area contributed by atoms with Crippen molar-refractivity contribution >= 4 is 21.8 Å². The molecule has 7 nitrogen and oxygen atoms in total. The molecule has 0 N–H and O–H groups in total. The van der Waals surface area contributed by atoms with E-state index >= 15 is 0 Å². The molecule has 0 spiro atoms. The molecule has 24 heavy (non-hydrogen) atoms. The average Bonchev–Trinajstić information content (AvgIpc) is 2.99. The summed E-state index contributed by atoms with van der Waals surface area (Å²) in [6.07, 6.45) is 1.43. The van der Waals surface area contributed by atoms with Crippen molar-refractivity contribution in [3.8, 4) is 0 Å². The lowest BCUT2D eigenvalue weighted by molar-refractivity contribution is 0.222. The minimum Gasteiger partial charge on any atom is -0.361 e. The standard InChI is InChI=1S/C15H20N4O3S2/c1-12-9-13(17-22-12)11-23-15-4-3-14(10-16-15)24(20,21)19-7-5-18(2)6-8-19/h3-4,9-10H,5-8,11H2,1-2H3. The van der Waals surface area contributed by atoms with Crippen LogP contribution in [0, 0.1) is 6.92 Å². The normalized spacial score (nSPS) is 17.2. The summed E-state index contributed by atoms with van der Waals surface area (Å²) in [5, 5.41) is 4.68. The second-order valence-electron chi connectivity index (χ2n) is 5.76. The molecule has 1 fully saturated rings. The Hall–Kier alpha value is -1.42. The van der Waals surface area contributed by atoms with Gasteiger partial charge in [0.05, 0.1) is 10.7 Å². The predicted molar refractivity (Wildman–Crippen MR) is 91.3 cm³/mol. The number of aryl methyl sites for hydroxylation is 1. The van der Waals surface area contributed by atoms with Crippen LogP contribution in [0.3, 0.4) is 0 Å². The molecule has 0 amide bonds. The number of likely N-dealkylation sites (N-methyl/N-ethyl adjacent to an activating group) is 1. The molecule has 2 aromatic rings. The summed E-state index contributed by atoms with van der Waals surface area (Å²) in [5.41, 5.74) is 0.841. The number of sulfonamides is 1. The van der Waals surface area contributed by atoms with Gasteiger partial charge in [0.25, 0.3) is 0 Å². The van der Waals surface area contributed by atoms with E-state index in [1.54, 1.807) is 12.1 Å². The van der Waals surface area contributed by atoms with E-state index in [1.807, 2.05) is 20.0 Å². The minimum absolute atomic E-state index is 0.244. The molecular weight excluding hydrogens is 348 g/mol. The quantitative estimate of drug-likeness (QED) is 0.742. The van der Waals surface area contributed by atoms with Crippen molar-refractivity contribution in [1.82, 2.24) is 19.3 Å². The van der Waals surface area contributed by atoms with Crippen molar-refractivity contribution in [1.29, 1.82) is 0 Å². The number of hydrogen-bond acceptors (Lipinski definition) is 7. The molecule has 3 rings (SSSR count). The average molecular weight is 368 g/mol. The SMILES string of the molecule is Cc1cc(CSc2ccc(S(=O)(=O)N3CCN(C)CC3)cn2)no1. The fourth-order valence-corrected chi connectivity index (χ4v) is 4.51. The van der Waals surface area contributed by atoms with Crippen molar-refractivity contribution in [3.63, 3.8) is 0 Å². The van der Waals surface area contributed by atoms with E-state index in [1.165, 1.54) is 22.3 Å². The third-order valence-electron chi connectivity index (χ3n) is 3.85. The van der Waals surface area contributed by atoms with Gasteiger partial charge in [-0.15, -0.1) is 0 Å². The zero-order chi connectivity index (χ0) is 17.2. The summed E-state index contributed by atoms with van der Waals surface area (Å²) in [6, 6.07) is 5.23. The molecule has 0 aliphatic carbocycles. The Kier molecular flexibility index (Phi) is 5.24. The van der Waals surface area contributed by atoms with E-state index in [2.05, 4.69) is 15.0 Å². The van der Waals surface area contributed by atoms with Gasteiger partial charge < -0.3 is 9.42 Å². The Morgan fingerprint density at radius 1 is 1.25 bits per heavy atom. The number of aromatic nitrogens is 2. The monoisotopic (exact) mass is 368 g/mol. The second-order valence-corrected chi connectivity index (χ2v) is 8.69. The number of pyridine rings is 1. The number of thioether (sulfide) groups is 1. The molecule has 0 unspecified atom stereocenters. The highest BCUT2D eigenvalue weighted by atomic mass is 32.2. The predicted octanol–water partition coefficient (Wildman–Crippen LogP) is 1.61. The van der Waals surface area contributed by atoms with Gasteiger partial charge in [0, 0.05) is 44.2 Å². The lowest BCUT2D eigenvalue weighted by Gasteiger charge is -2.31. The van der Waals surface area contributed by atoms with Crippen LogP contribution in [0.4, 0.5) is 0 Å². The van der Waals surface area contributed by atoms with Crippen LogP contribution >= 0.6 is 11.8 Å². The van der Waals surface area contributed by atoms with Crippen LogP contribution in [0.1, 0.15) is 11.5 Å². The van der Waals surface area contributed by atoms with Crippen molar-refractivity contribution in [2.75, 3.05) is 33.2 Å². The molecule has 0 radical (unpaired) electrons. The fourth-order valence-electron chi connectivity index (χ4n) is 2.42. The summed E-state index contributed by atoms with van der Waals surface area (Å²) >= 11 is 1.49. The van der Waals surface area contributed by atoms with E-state index in [0.29, 0.717) is 18.8 Å². The first-order chi connectivity index (χ1) is 11.4. The highest BCUT2D eigenvalue weighted by molar-refractivity contribution is 7.98. The Balaban J connectivity index is 1.65. The summed E-state index contributed by atoms with van der Waals surface area (Å²) in [4.78, 5) is 6.63. The van der Waals surface area contributed by atoms with Crippen molar-refractivity contribution < 1.29 is 12.9 Å². The third kappa shape index (κ3) is 3.97. The van der Waals surface area contributed by atoms with E-state index in [-0.39, 0.29) is 4.90 Å². The molecule has 1 aliphatic rings. The van der Waals surface area contributed by atoms with Crippen LogP contribution in [-0.2, 0) is 15.8 Å². The number of piperazine rings is 1. The van der Waals surface area contributed by atoms with Gasteiger partial charge in [-0.1, -0.05) is 16.9 Å². The summed E-state index contributed by atoms with van der Waals surface area (Å²) in [7, 11) is -1.46. The van der Waals surface area contributed by atoms with Crippen molar-refractivity contribution in [3.05, 3.63) is 35.9 Å². The summed E-state index contributed by atoms with van der Waals surface area (Å²) < 4.78 is 31.8. The maximum atomic E-state index is 12.6. The van der Waals surface area contributed by atoms with Crippen LogP contribution in [0.2, 0.25) is 0 Å². The van der Waals surface area contributed by atoms with Crippen molar-refractivity contribution in [2.24, 2.45) is 0 Å². The van der Waals surface area contributed by atoms with Crippen molar-refractivity contribution in [2.45, 2.75) is 22.6 Å². The van der Waals surface area contributed by atoms with E-state index in [4.69, 9.17) is 4.52 Å². The lowest BCUT2D eigenvalue weighted by atomic mass is 10.4. The highest BCUT2D eigenvalue weighted by Gasteiger charge is 2.27. The van der Waals surface area contributed by atoms with E-state index in [9.17, 15) is 8.42 Å².